The summed E-state index contributed by atoms with van der Waals surface area (Å²) in [6.07, 6.45) is 6.57. The summed E-state index contributed by atoms with van der Waals surface area (Å²) in [5, 5.41) is 4.90. The standard InChI is InChI=1S/C20H26NO3PS/c1-15-14-26-19(20(23)24-2)18(15)21-17(22)13-25(10-6-7-11-25)12-16-8-4-3-5-9-16/h3-5,8-9,14,25H,6-7,10-13H2,1-2H3,(H,21,22). The maximum absolute atomic E-state index is 12.9. The zero-order chi connectivity index (χ0) is 18.6. The Hall–Kier alpha value is -1.71. The van der Waals surface area contributed by atoms with Crippen LogP contribution in [-0.2, 0) is 15.7 Å². The van der Waals surface area contributed by atoms with Gasteiger partial charge in [-0.05, 0) is 0 Å². The quantitative estimate of drug-likeness (QED) is 0.582. The third-order valence-electron chi connectivity index (χ3n) is 5.23. The van der Waals surface area contributed by atoms with E-state index >= 15 is 0 Å². The van der Waals surface area contributed by atoms with Crippen LogP contribution in [-0.4, -0.2) is 37.5 Å². The van der Waals surface area contributed by atoms with E-state index in [0.717, 1.165) is 11.7 Å². The molecule has 1 saturated heterocycles. The normalized spacial score (nSPS) is 16.8. The van der Waals surface area contributed by atoms with E-state index in [1.807, 2.05) is 18.4 Å². The number of rotatable bonds is 6. The van der Waals surface area contributed by atoms with Gasteiger partial charge in [-0.2, -0.15) is 0 Å². The van der Waals surface area contributed by atoms with Gasteiger partial charge in [-0.3, -0.25) is 0 Å². The van der Waals surface area contributed by atoms with Crippen molar-refractivity contribution in [3.63, 3.8) is 0 Å². The summed E-state index contributed by atoms with van der Waals surface area (Å²) in [5.41, 5.74) is 2.87. The fraction of sp³-hybridized carbons (Fsp3) is 0.400. The van der Waals surface area contributed by atoms with Gasteiger partial charge in [0.05, 0.1) is 0 Å². The summed E-state index contributed by atoms with van der Waals surface area (Å²) in [6, 6.07) is 10.5. The molecule has 2 aromatic rings. The van der Waals surface area contributed by atoms with Gasteiger partial charge in [-0.25, -0.2) is 0 Å². The van der Waals surface area contributed by atoms with Crippen LogP contribution in [0.5, 0.6) is 0 Å². The number of hydrogen-bond donors (Lipinski definition) is 1. The van der Waals surface area contributed by atoms with Crippen LogP contribution in [0.1, 0.15) is 33.6 Å². The Balaban J connectivity index is 1.74. The minimum absolute atomic E-state index is 0.0427. The van der Waals surface area contributed by atoms with Gasteiger partial charge < -0.3 is 0 Å². The van der Waals surface area contributed by atoms with Crippen molar-refractivity contribution in [2.45, 2.75) is 25.9 Å². The Morgan fingerprint density at radius 3 is 2.54 bits per heavy atom. The second-order valence-corrected chi connectivity index (χ2v) is 12.8. The van der Waals surface area contributed by atoms with Crippen molar-refractivity contribution in [2.24, 2.45) is 0 Å². The topological polar surface area (TPSA) is 55.4 Å². The van der Waals surface area contributed by atoms with Gasteiger partial charge in [0.15, 0.2) is 0 Å². The average molecular weight is 391 g/mol. The summed E-state index contributed by atoms with van der Waals surface area (Å²) >= 11 is 1.32. The van der Waals surface area contributed by atoms with E-state index in [-0.39, 0.29) is 5.91 Å². The molecule has 1 fully saturated rings. The van der Waals surface area contributed by atoms with Crippen LogP contribution in [0.4, 0.5) is 5.69 Å². The van der Waals surface area contributed by atoms with Crippen LogP contribution in [0.25, 0.3) is 0 Å². The average Bonchev–Trinajstić information content (AvgIpc) is 3.23. The van der Waals surface area contributed by atoms with E-state index in [1.54, 1.807) is 0 Å². The molecule has 1 aromatic carbocycles. The SMILES string of the molecule is COC(=O)c1scc(C)c1NC(=O)C[PH]1(Cc2ccccc2)CCCC1. The van der Waals surface area contributed by atoms with E-state index in [4.69, 9.17) is 4.74 Å². The Morgan fingerprint density at radius 2 is 1.88 bits per heavy atom. The van der Waals surface area contributed by atoms with Gasteiger partial charge in [0.2, 0.25) is 0 Å². The molecule has 1 aliphatic rings. The van der Waals surface area contributed by atoms with Crippen LogP contribution >= 0.6 is 18.6 Å². The van der Waals surface area contributed by atoms with E-state index in [0.29, 0.717) is 16.7 Å². The summed E-state index contributed by atoms with van der Waals surface area (Å²) in [4.78, 5) is 25.3. The first kappa shape index (κ1) is 19.1. The molecular formula is C20H26NO3PS. The molecule has 1 N–H and O–H groups in total. The van der Waals surface area contributed by atoms with Crippen molar-refractivity contribution >= 4 is 36.2 Å². The summed E-state index contributed by atoms with van der Waals surface area (Å²) < 4.78 is 4.83. The van der Waals surface area contributed by atoms with Gasteiger partial charge in [0.1, 0.15) is 0 Å². The molecular weight excluding hydrogens is 365 g/mol. The second-order valence-electron chi connectivity index (χ2n) is 7.21. The van der Waals surface area contributed by atoms with Crippen LogP contribution < -0.4 is 5.32 Å². The zero-order valence-corrected chi connectivity index (χ0v) is 17.2. The van der Waals surface area contributed by atoms with E-state index < -0.39 is 13.2 Å². The van der Waals surface area contributed by atoms with E-state index in [2.05, 4.69) is 29.6 Å². The Kier molecular flexibility index (Phi) is 6.10. The van der Waals surface area contributed by atoms with Gasteiger partial charge in [-0.15, -0.1) is 0 Å². The number of hydrogen-bond acceptors (Lipinski definition) is 4. The first-order valence-corrected chi connectivity index (χ1v) is 12.7. The molecule has 0 aliphatic carbocycles. The Morgan fingerprint density at radius 1 is 1.19 bits per heavy atom. The number of aryl methyl sites for hydroxylation is 1. The molecule has 0 atom stereocenters. The van der Waals surface area contributed by atoms with Crippen LogP contribution in [0.15, 0.2) is 35.7 Å². The summed E-state index contributed by atoms with van der Waals surface area (Å²) in [7, 11) is -0.300. The first-order valence-electron chi connectivity index (χ1n) is 9.03. The number of nitrogens with one attached hydrogen (secondary N) is 1. The Labute approximate surface area is 159 Å². The fourth-order valence-corrected chi connectivity index (χ4v) is 9.81. The molecule has 0 saturated carbocycles. The predicted octanol–water partition coefficient (Wildman–Crippen LogP) is 4.53. The Bertz CT molecular complexity index is 782. The number of thiophene rings is 1. The van der Waals surface area contributed by atoms with Crippen molar-refractivity contribution in [1.29, 1.82) is 0 Å². The second kappa shape index (κ2) is 8.32. The van der Waals surface area contributed by atoms with Crippen LogP contribution in [0.3, 0.4) is 0 Å². The molecule has 0 unspecified atom stereocenters. The van der Waals surface area contributed by atoms with Crippen molar-refractivity contribution in [3.05, 3.63) is 51.7 Å². The molecule has 1 amide bonds. The molecule has 1 aliphatic heterocycles. The molecule has 0 spiro atoms. The molecule has 6 heteroatoms. The van der Waals surface area contributed by atoms with E-state index in [1.165, 1.54) is 49.2 Å². The number of esters is 1. The van der Waals surface area contributed by atoms with Crippen LogP contribution in [0, 0.1) is 6.92 Å². The fourth-order valence-electron chi connectivity index (χ4n) is 3.94. The van der Waals surface area contributed by atoms with Crippen LogP contribution in [0.2, 0.25) is 0 Å². The predicted molar refractivity (Wildman–Crippen MR) is 111 cm³/mol. The number of amides is 1. The van der Waals surface area contributed by atoms with Gasteiger partial charge in [0.25, 0.3) is 0 Å². The van der Waals surface area contributed by atoms with Crippen molar-refractivity contribution in [1.82, 2.24) is 0 Å². The molecule has 3 rings (SSSR count). The monoisotopic (exact) mass is 391 g/mol. The number of ether oxygens (including phenoxy) is 1. The van der Waals surface area contributed by atoms with Gasteiger partial charge in [-0.1, -0.05) is 0 Å². The number of methoxy groups -OCH3 is 1. The van der Waals surface area contributed by atoms with Gasteiger partial charge in [0, 0.05) is 0 Å². The molecule has 140 valence electrons. The number of benzene rings is 1. The van der Waals surface area contributed by atoms with Crippen molar-refractivity contribution in [2.75, 3.05) is 30.9 Å². The minimum atomic E-state index is -1.66. The summed E-state index contributed by atoms with van der Waals surface area (Å²) in [5.74, 6) is -0.350. The molecule has 0 bridgehead atoms. The number of carbonyl (C=O) groups is 2. The molecule has 4 nitrogen and oxygen atoms in total. The van der Waals surface area contributed by atoms with E-state index in [9.17, 15) is 9.59 Å². The third kappa shape index (κ3) is 4.33. The zero-order valence-electron chi connectivity index (χ0n) is 15.3. The summed E-state index contributed by atoms with van der Waals surface area (Å²) in [6.45, 7) is 1.91. The molecule has 1 aromatic heterocycles. The first-order chi connectivity index (χ1) is 12.5. The molecule has 0 radical (unpaired) electrons. The number of carbonyl (C=O) groups excluding carboxylic acids is 2. The number of anilines is 1. The van der Waals surface area contributed by atoms with Crippen molar-refractivity contribution in [3.8, 4) is 0 Å². The maximum atomic E-state index is 12.9. The molecule has 26 heavy (non-hydrogen) atoms. The molecule has 2 heterocycles. The van der Waals surface area contributed by atoms with Crippen molar-refractivity contribution < 1.29 is 14.3 Å². The van der Waals surface area contributed by atoms with Gasteiger partial charge >= 0.3 is 159 Å². The third-order valence-corrected chi connectivity index (χ3v) is 11.4.